The molecule has 0 radical (unpaired) electrons. The van der Waals surface area contributed by atoms with Crippen LogP contribution in [0.3, 0.4) is 0 Å². The Morgan fingerprint density at radius 1 is 1.00 bits per heavy atom. The first-order valence-corrected chi connectivity index (χ1v) is 12.7. The van der Waals surface area contributed by atoms with Crippen molar-refractivity contribution < 1.29 is 9.90 Å². The summed E-state index contributed by atoms with van der Waals surface area (Å²) in [6.07, 6.45) is 4.94. The van der Waals surface area contributed by atoms with E-state index in [2.05, 4.69) is 27.9 Å². The number of benzene rings is 3. The number of aldehydes is 1. The Bertz CT molecular complexity index is 1560. The number of carbonyl (C=O) groups is 1. The number of hydrogen-bond acceptors (Lipinski definition) is 6. The van der Waals surface area contributed by atoms with Crippen molar-refractivity contribution in [2.75, 3.05) is 17.7 Å². The van der Waals surface area contributed by atoms with Crippen molar-refractivity contribution in [2.45, 2.75) is 31.7 Å². The van der Waals surface area contributed by atoms with Crippen LogP contribution in [0.25, 0.3) is 16.9 Å². The van der Waals surface area contributed by atoms with Gasteiger partial charge in [0.2, 0.25) is 0 Å². The van der Waals surface area contributed by atoms with E-state index in [9.17, 15) is 9.90 Å². The second-order valence-electron chi connectivity index (χ2n) is 9.55. The highest BCUT2D eigenvalue weighted by molar-refractivity contribution is 5.73. The van der Waals surface area contributed by atoms with Crippen molar-refractivity contribution in [3.63, 3.8) is 0 Å². The standard InChI is InChI=1S/C21H21N5O.C10H10O/c1-14-12-24-26-20(23-13-15-6-5-7-16(10-15)22-2)11-18(25-21(14)26)17-8-3-4-9-19(17)27;11-8-10(6-7-10)9-4-2-1-3-5-9/h3-12,22-23,27H,13H2,1-2H3;1-5,8H,6-7H2. The maximum absolute atomic E-state index is 10.7. The number of phenolic OH excluding ortho intramolecular Hbond substituents is 1. The van der Waals surface area contributed by atoms with Gasteiger partial charge in [-0.1, -0.05) is 54.6 Å². The minimum Gasteiger partial charge on any atom is -0.507 e. The van der Waals surface area contributed by atoms with Gasteiger partial charge in [-0.15, -0.1) is 0 Å². The van der Waals surface area contributed by atoms with E-state index in [1.165, 1.54) is 5.56 Å². The molecule has 7 heteroatoms. The molecule has 0 saturated heterocycles. The number of nitrogens with zero attached hydrogens (tertiary/aromatic N) is 3. The Kier molecular flexibility index (Phi) is 7.09. The summed E-state index contributed by atoms with van der Waals surface area (Å²) >= 11 is 0. The number of aromatic hydroxyl groups is 1. The number of anilines is 2. The number of aryl methyl sites for hydroxylation is 1. The van der Waals surface area contributed by atoms with E-state index in [1.807, 2.05) is 74.6 Å². The highest BCUT2D eigenvalue weighted by Gasteiger charge is 2.43. The van der Waals surface area contributed by atoms with E-state index < -0.39 is 0 Å². The highest BCUT2D eigenvalue weighted by Crippen LogP contribution is 2.45. The zero-order chi connectivity index (χ0) is 26.5. The number of rotatable bonds is 7. The Balaban J connectivity index is 0.000000222. The molecule has 3 N–H and O–H groups in total. The molecule has 0 atom stereocenters. The Morgan fingerprint density at radius 2 is 1.76 bits per heavy atom. The third kappa shape index (κ3) is 5.22. The molecule has 0 spiro atoms. The molecule has 1 aliphatic carbocycles. The molecule has 2 heterocycles. The Morgan fingerprint density at radius 3 is 2.47 bits per heavy atom. The monoisotopic (exact) mass is 505 g/mol. The summed E-state index contributed by atoms with van der Waals surface area (Å²) in [4.78, 5) is 15.4. The molecule has 1 fully saturated rings. The molecule has 0 amide bonds. The summed E-state index contributed by atoms with van der Waals surface area (Å²) in [7, 11) is 1.91. The first-order valence-electron chi connectivity index (χ1n) is 12.7. The van der Waals surface area contributed by atoms with Crippen molar-refractivity contribution >= 4 is 23.4 Å². The minimum atomic E-state index is -0.0960. The molecule has 0 unspecified atom stereocenters. The molecule has 38 heavy (non-hydrogen) atoms. The molecule has 1 saturated carbocycles. The van der Waals surface area contributed by atoms with E-state index in [1.54, 1.807) is 22.8 Å². The van der Waals surface area contributed by atoms with Gasteiger partial charge < -0.3 is 20.5 Å². The number of phenols is 1. The lowest BCUT2D eigenvalue weighted by Crippen LogP contribution is -2.07. The number of fused-ring (bicyclic) bond motifs is 1. The molecule has 6 rings (SSSR count). The van der Waals surface area contributed by atoms with Gasteiger partial charge in [-0.25, -0.2) is 4.98 Å². The highest BCUT2D eigenvalue weighted by atomic mass is 16.3. The number of nitrogens with one attached hydrogen (secondary N) is 2. The van der Waals surface area contributed by atoms with Gasteiger partial charge in [-0.2, -0.15) is 9.61 Å². The number of aromatic nitrogens is 3. The molecule has 2 aromatic heterocycles. The number of para-hydroxylation sites is 1. The van der Waals surface area contributed by atoms with E-state index in [0.29, 0.717) is 17.8 Å². The van der Waals surface area contributed by atoms with Crippen LogP contribution in [-0.2, 0) is 16.8 Å². The van der Waals surface area contributed by atoms with Crippen molar-refractivity contribution in [1.29, 1.82) is 0 Å². The lowest BCUT2D eigenvalue weighted by molar-refractivity contribution is -0.109. The van der Waals surface area contributed by atoms with Crippen molar-refractivity contribution in [1.82, 2.24) is 14.6 Å². The van der Waals surface area contributed by atoms with Crippen LogP contribution in [0.1, 0.15) is 29.5 Å². The average molecular weight is 506 g/mol. The Labute approximate surface area is 222 Å². The van der Waals surface area contributed by atoms with Crippen LogP contribution < -0.4 is 10.6 Å². The van der Waals surface area contributed by atoms with Gasteiger partial charge in [0.1, 0.15) is 17.9 Å². The van der Waals surface area contributed by atoms with Crippen LogP contribution in [0.2, 0.25) is 0 Å². The number of carbonyl (C=O) groups excluding carboxylic acids is 1. The van der Waals surface area contributed by atoms with Crippen molar-refractivity contribution in [2.24, 2.45) is 0 Å². The van der Waals surface area contributed by atoms with Gasteiger partial charge in [-0.3, -0.25) is 0 Å². The molecule has 192 valence electrons. The minimum absolute atomic E-state index is 0.0960. The van der Waals surface area contributed by atoms with Gasteiger partial charge in [0, 0.05) is 36.5 Å². The Hall–Kier alpha value is -4.65. The molecule has 7 nitrogen and oxygen atoms in total. The summed E-state index contributed by atoms with van der Waals surface area (Å²) in [5, 5.41) is 21.3. The third-order valence-electron chi connectivity index (χ3n) is 6.88. The fourth-order valence-corrected chi connectivity index (χ4v) is 4.44. The maximum Gasteiger partial charge on any atom is 0.160 e. The van der Waals surface area contributed by atoms with Gasteiger partial charge in [0.25, 0.3) is 0 Å². The van der Waals surface area contributed by atoms with Crippen LogP contribution in [0.5, 0.6) is 5.75 Å². The second-order valence-corrected chi connectivity index (χ2v) is 9.55. The van der Waals surface area contributed by atoms with E-state index in [4.69, 9.17) is 4.98 Å². The first-order chi connectivity index (χ1) is 18.5. The summed E-state index contributed by atoms with van der Waals surface area (Å²) < 4.78 is 1.79. The molecule has 0 bridgehead atoms. The molecule has 5 aromatic rings. The number of hydrogen-bond donors (Lipinski definition) is 3. The van der Waals surface area contributed by atoms with Crippen LogP contribution in [-0.4, -0.2) is 33.0 Å². The van der Waals surface area contributed by atoms with Crippen molar-refractivity contribution in [3.05, 3.63) is 108 Å². The van der Waals surface area contributed by atoms with Gasteiger partial charge in [0.15, 0.2) is 5.65 Å². The maximum atomic E-state index is 10.7. The summed E-state index contributed by atoms with van der Waals surface area (Å²) in [5.41, 5.74) is 6.45. The van der Waals surface area contributed by atoms with Gasteiger partial charge >= 0.3 is 0 Å². The first kappa shape index (κ1) is 25.0. The second kappa shape index (κ2) is 10.8. The lowest BCUT2D eigenvalue weighted by atomic mass is 9.98. The molecular weight excluding hydrogens is 474 g/mol. The summed E-state index contributed by atoms with van der Waals surface area (Å²) in [6, 6.07) is 27.4. The molecular formula is C31H31N5O2. The van der Waals surface area contributed by atoms with Gasteiger partial charge in [-0.05, 0) is 55.2 Å². The van der Waals surface area contributed by atoms with Crippen molar-refractivity contribution in [3.8, 4) is 17.0 Å². The predicted molar refractivity (Wildman–Crippen MR) is 152 cm³/mol. The quantitative estimate of drug-likeness (QED) is 0.236. The largest absolute Gasteiger partial charge is 0.507 e. The zero-order valence-corrected chi connectivity index (χ0v) is 21.6. The molecule has 3 aromatic carbocycles. The van der Waals surface area contributed by atoms with E-state index >= 15 is 0 Å². The average Bonchev–Trinajstić information content (AvgIpc) is 3.69. The van der Waals surface area contributed by atoms with Crippen LogP contribution in [0.15, 0.2) is 91.1 Å². The SMILES string of the molecule is CNc1cccc(CNc2cc(-c3ccccc3O)nc3c(C)cnn23)c1.O=CC1(c2ccccc2)CC1. The van der Waals surface area contributed by atoms with E-state index in [-0.39, 0.29) is 11.2 Å². The molecule has 0 aliphatic heterocycles. The van der Waals surface area contributed by atoms with Crippen LogP contribution in [0, 0.1) is 6.92 Å². The smallest absolute Gasteiger partial charge is 0.160 e. The molecule has 1 aliphatic rings. The lowest BCUT2D eigenvalue weighted by Gasteiger charge is -2.12. The fraction of sp³-hybridized carbons (Fsp3) is 0.194. The summed E-state index contributed by atoms with van der Waals surface area (Å²) in [5.74, 6) is 1.03. The fourth-order valence-electron chi connectivity index (χ4n) is 4.44. The zero-order valence-electron chi connectivity index (χ0n) is 21.6. The van der Waals surface area contributed by atoms with Crippen LogP contribution in [0.4, 0.5) is 11.5 Å². The predicted octanol–water partition coefficient (Wildman–Crippen LogP) is 5.98. The van der Waals surface area contributed by atoms with Gasteiger partial charge in [0.05, 0.1) is 17.3 Å². The topological polar surface area (TPSA) is 91.5 Å². The summed E-state index contributed by atoms with van der Waals surface area (Å²) in [6.45, 7) is 2.62. The normalized spacial score (nSPS) is 13.3. The third-order valence-corrected chi connectivity index (χ3v) is 6.88. The van der Waals surface area contributed by atoms with E-state index in [0.717, 1.165) is 47.4 Å². The van der Waals surface area contributed by atoms with Crippen LogP contribution >= 0.6 is 0 Å².